The lowest BCUT2D eigenvalue weighted by atomic mass is 10.3. The number of amides is 1. The number of nitrogens with one attached hydrogen (secondary N) is 1. The SMILES string of the molecule is CC(C)OC1CNC(=O)OC1. The number of carbonyl (C=O) groups excluding carboxylic acids is 1. The Bertz CT molecular complexity index is 137. The van der Waals surface area contributed by atoms with Crippen LogP contribution in [0.5, 0.6) is 0 Å². The zero-order chi connectivity index (χ0) is 8.27. The molecule has 0 aromatic carbocycles. The van der Waals surface area contributed by atoms with Crippen LogP contribution in [0.3, 0.4) is 0 Å². The fourth-order valence-electron chi connectivity index (χ4n) is 0.948. The fraction of sp³-hybridized carbons (Fsp3) is 0.857. The van der Waals surface area contributed by atoms with Crippen molar-refractivity contribution in [3.8, 4) is 0 Å². The third kappa shape index (κ3) is 2.76. The fourth-order valence-corrected chi connectivity index (χ4v) is 0.948. The Morgan fingerprint density at radius 2 is 2.45 bits per heavy atom. The standard InChI is InChI=1S/C7H13NO3/c1-5(2)11-6-3-8-7(9)10-4-6/h5-6H,3-4H2,1-2H3,(H,8,9). The van der Waals surface area contributed by atoms with Crippen molar-refractivity contribution in [2.75, 3.05) is 13.2 Å². The molecule has 0 aromatic heterocycles. The van der Waals surface area contributed by atoms with Gasteiger partial charge in [0.25, 0.3) is 0 Å². The van der Waals surface area contributed by atoms with E-state index in [2.05, 4.69) is 5.32 Å². The van der Waals surface area contributed by atoms with Gasteiger partial charge in [0.2, 0.25) is 0 Å². The maximum absolute atomic E-state index is 10.5. The van der Waals surface area contributed by atoms with Crippen LogP contribution in [0.1, 0.15) is 13.8 Å². The summed E-state index contributed by atoms with van der Waals surface area (Å²) in [6.07, 6.45) is -0.167. The van der Waals surface area contributed by atoms with Crippen LogP contribution >= 0.6 is 0 Å². The average Bonchev–Trinajstić information content (AvgIpc) is 1.93. The Kier molecular flexibility index (Phi) is 2.70. The Morgan fingerprint density at radius 3 is 2.91 bits per heavy atom. The van der Waals surface area contributed by atoms with Crippen molar-refractivity contribution in [2.24, 2.45) is 0 Å². The van der Waals surface area contributed by atoms with E-state index in [1.165, 1.54) is 0 Å². The molecule has 1 N–H and O–H groups in total. The van der Waals surface area contributed by atoms with Crippen LogP contribution in [-0.2, 0) is 9.47 Å². The van der Waals surface area contributed by atoms with E-state index >= 15 is 0 Å². The van der Waals surface area contributed by atoms with Gasteiger partial charge in [0.1, 0.15) is 12.7 Å². The second-order valence-electron chi connectivity index (χ2n) is 2.79. The number of alkyl carbamates (subject to hydrolysis) is 1. The summed E-state index contributed by atoms with van der Waals surface area (Å²) >= 11 is 0. The molecule has 1 rings (SSSR count). The molecular weight excluding hydrogens is 146 g/mol. The molecule has 1 saturated heterocycles. The normalized spacial score (nSPS) is 24.6. The molecule has 1 fully saturated rings. The number of rotatable bonds is 2. The Morgan fingerprint density at radius 1 is 1.73 bits per heavy atom. The lowest BCUT2D eigenvalue weighted by Gasteiger charge is -2.24. The first-order chi connectivity index (χ1) is 5.18. The Labute approximate surface area is 65.9 Å². The Balaban J connectivity index is 2.22. The maximum Gasteiger partial charge on any atom is 0.407 e. The van der Waals surface area contributed by atoms with E-state index in [9.17, 15) is 4.79 Å². The molecule has 0 saturated carbocycles. The van der Waals surface area contributed by atoms with Gasteiger partial charge in [-0.05, 0) is 13.8 Å². The molecule has 0 aliphatic carbocycles. The van der Waals surface area contributed by atoms with Crippen molar-refractivity contribution in [1.29, 1.82) is 0 Å². The molecule has 4 nitrogen and oxygen atoms in total. The van der Waals surface area contributed by atoms with E-state index in [-0.39, 0.29) is 18.3 Å². The van der Waals surface area contributed by atoms with Crippen LogP contribution < -0.4 is 5.32 Å². The largest absolute Gasteiger partial charge is 0.447 e. The maximum atomic E-state index is 10.5. The van der Waals surface area contributed by atoms with Crippen LogP contribution in [0, 0.1) is 0 Å². The lowest BCUT2D eigenvalue weighted by Crippen LogP contribution is -2.44. The Hall–Kier alpha value is -0.770. The van der Waals surface area contributed by atoms with Gasteiger partial charge in [0, 0.05) is 0 Å². The summed E-state index contributed by atoms with van der Waals surface area (Å²) in [4.78, 5) is 10.5. The van der Waals surface area contributed by atoms with Crippen LogP contribution in [0.4, 0.5) is 4.79 Å². The van der Waals surface area contributed by atoms with Crippen molar-refractivity contribution < 1.29 is 14.3 Å². The van der Waals surface area contributed by atoms with E-state index in [0.29, 0.717) is 13.2 Å². The molecule has 11 heavy (non-hydrogen) atoms. The highest BCUT2D eigenvalue weighted by Crippen LogP contribution is 2.01. The monoisotopic (exact) mass is 159 g/mol. The molecule has 1 unspecified atom stereocenters. The highest BCUT2D eigenvalue weighted by atomic mass is 16.6. The first kappa shape index (κ1) is 8.33. The minimum atomic E-state index is -0.353. The first-order valence-electron chi connectivity index (χ1n) is 3.74. The van der Waals surface area contributed by atoms with Gasteiger partial charge in [-0.25, -0.2) is 4.79 Å². The quantitative estimate of drug-likeness (QED) is 0.639. The number of ether oxygens (including phenoxy) is 2. The summed E-state index contributed by atoms with van der Waals surface area (Å²) in [5, 5.41) is 2.55. The number of hydrogen-bond acceptors (Lipinski definition) is 3. The summed E-state index contributed by atoms with van der Waals surface area (Å²) in [5.41, 5.74) is 0. The molecule has 4 heteroatoms. The third-order valence-corrected chi connectivity index (χ3v) is 1.34. The summed E-state index contributed by atoms with van der Waals surface area (Å²) in [7, 11) is 0. The van der Waals surface area contributed by atoms with Gasteiger partial charge in [-0.3, -0.25) is 0 Å². The van der Waals surface area contributed by atoms with Crippen LogP contribution in [0.25, 0.3) is 0 Å². The van der Waals surface area contributed by atoms with E-state index in [1.807, 2.05) is 13.8 Å². The molecule has 0 bridgehead atoms. The lowest BCUT2D eigenvalue weighted by molar-refractivity contribution is -0.0399. The highest BCUT2D eigenvalue weighted by molar-refractivity contribution is 5.67. The van der Waals surface area contributed by atoms with E-state index < -0.39 is 0 Å². The molecule has 1 aliphatic heterocycles. The minimum absolute atomic E-state index is 0.00713. The first-order valence-corrected chi connectivity index (χ1v) is 3.74. The zero-order valence-electron chi connectivity index (χ0n) is 6.79. The van der Waals surface area contributed by atoms with Crippen LogP contribution in [0.15, 0.2) is 0 Å². The topological polar surface area (TPSA) is 47.6 Å². The van der Waals surface area contributed by atoms with Crippen LogP contribution in [-0.4, -0.2) is 31.5 Å². The molecule has 1 amide bonds. The second kappa shape index (κ2) is 3.57. The summed E-state index contributed by atoms with van der Waals surface area (Å²) in [6, 6.07) is 0. The van der Waals surface area contributed by atoms with Gasteiger partial charge in [-0.15, -0.1) is 0 Å². The average molecular weight is 159 g/mol. The van der Waals surface area contributed by atoms with Gasteiger partial charge >= 0.3 is 6.09 Å². The summed E-state index contributed by atoms with van der Waals surface area (Å²) in [6.45, 7) is 4.83. The van der Waals surface area contributed by atoms with Gasteiger partial charge in [-0.1, -0.05) is 0 Å². The van der Waals surface area contributed by atoms with Crippen molar-refractivity contribution in [3.63, 3.8) is 0 Å². The van der Waals surface area contributed by atoms with Gasteiger partial charge < -0.3 is 14.8 Å². The van der Waals surface area contributed by atoms with E-state index in [1.54, 1.807) is 0 Å². The van der Waals surface area contributed by atoms with Crippen molar-refractivity contribution in [1.82, 2.24) is 5.32 Å². The summed E-state index contributed by atoms with van der Waals surface area (Å²) < 4.78 is 10.1. The van der Waals surface area contributed by atoms with Crippen molar-refractivity contribution >= 4 is 6.09 Å². The number of hydrogen-bond donors (Lipinski definition) is 1. The number of carbonyl (C=O) groups is 1. The van der Waals surface area contributed by atoms with Crippen molar-refractivity contribution in [2.45, 2.75) is 26.1 Å². The molecule has 1 heterocycles. The molecule has 64 valence electrons. The smallest absolute Gasteiger partial charge is 0.407 e. The second-order valence-corrected chi connectivity index (χ2v) is 2.79. The number of cyclic esters (lactones) is 1. The van der Waals surface area contributed by atoms with Gasteiger partial charge in [0.15, 0.2) is 0 Å². The molecule has 1 atom stereocenters. The highest BCUT2D eigenvalue weighted by Gasteiger charge is 2.19. The minimum Gasteiger partial charge on any atom is -0.447 e. The van der Waals surface area contributed by atoms with Crippen molar-refractivity contribution in [3.05, 3.63) is 0 Å². The molecule has 1 aliphatic rings. The summed E-state index contributed by atoms with van der Waals surface area (Å²) in [5.74, 6) is 0. The predicted molar refractivity (Wildman–Crippen MR) is 39.4 cm³/mol. The molecule has 0 aromatic rings. The van der Waals surface area contributed by atoms with E-state index in [0.717, 1.165) is 0 Å². The predicted octanol–water partition coefficient (Wildman–Crippen LogP) is 0.520. The van der Waals surface area contributed by atoms with Gasteiger partial charge in [0.05, 0.1) is 12.6 Å². The molecular formula is C7H13NO3. The van der Waals surface area contributed by atoms with Crippen LogP contribution in [0.2, 0.25) is 0 Å². The van der Waals surface area contributed by atoms with Gasteiger partial charge in [-0.2, -0.15) is 0 Å². The molecule has 0 radical (unpaired) electrons. The third-order valence-electron chi connectivity index (χ3n) is 1.34. The van der Waals surface area contributed by atoms with E-state index in [4.69, 9.17) is 9.47 Å². The zero-order valence-corrected chi connectivity index (χ0v) is 6.79. The molecule has 0 spiro atoms.